The number of benzene rings is 1. The lowest BCUT2D eigenvalue weighted by atomic mass is 9.96. The van der Waals surface area contributed by atoms with Crippen LogP contribution in [0, 0.1) is 11.6 Å². The van der Waals surface area contributed by atoms with Crippen molar-refractivity contribution in [3.05, 3.63) is 29.8 Å². The minimum absolute atomic E-state index is 0.0325. The van der Waals surface area contributed by atoms with E-state index >= 15 is 0 Å². The van der Waals surface area contributed by atoms with Gasteiger partial charge in [0.25, 0.3) is 0 Å². The first-order chi connectivity index (χ1) is 9.89. The van der Waals surface area contributed by atoms with Crippen molar-refractivity contribution >= 4 is 5.97 Å². The van der Waals surface area contributed by atoms with Gasteiger partial charge in [0, 0.05) is 6.07 Å². The first kappa shape index (κ1) is 17.4. The zero-order chi connectivity index (χ0) is 15.9. The number of hydrogen-bond donors (Lipinski definition) is 2. The van der Waals surface area contributed by atoms with E-state index in [1.165, 1.54) is 6.07 Å². The van der Waals surface area contributed by atoms with Crippen molar-refractivity contribution in [1.29, 1.82) is 0 Å². The summed E-state index contributed by atoms with van der Waals surface area (Å²) in [4.78, 5) is 11.3. The molecule has 0 aliphatic carbocycles. The average molecular weight is 301 g/mol. The summed E-state index contributed by atoms with van der Waals surface area (Å²) in [5, 5.41) is 12.2. The Kier molecular flexibility index (Phi) is 6.55. The Hall–Kier alpha value is -1.69. The highest BCUT2D eigenvalue weighted by Gasteiger charge is 2.31. The summed E-state index contributed by atoms with van der Waals surface area (Å²) in [5.74, 6) is -2.39. The van der Waals surface area contributed by atoms with Gasteiger partial charge >= 0.3 is 5.97 Å². The molecule has 0 amide bonds. The quantitative estimate of drug-likeness (QED) is 0.689. The van der Waals surface area contributed by atoms with Crippen LogP contribution in [-0.4, -0.2) is 29.8 Å². The lowest BCUT2D eigenvalue weighted by Crippen LogP contribution is -2.49. The summed E-state index contributed by atoms with van der Waals surface area (Å²) in [6.45, 7) is 4.34. The summed E-state index contributed by atoms with van der Waals surface area (Å²) >= 11 is 0. The number of halogens is 2. The normalized spacial score (nSPS) is 13.7. The van der Waals surface area contributed by atoms with Crippen LogP contribution in [0.25, 0.3) is 0 Å². The highest BCUT2D eigenvalue weighted by molar-refractivity contribution is 5.78. The Labute approximate surface area is 123 Å². The van der Waals surface area contributed by atoms with E-state index in [1.807, 2.05) is 6.92 Å². The summed E-state index contributed by atoms with van der Waals surface area (Å²) in [5.41, 5.74) is -1.03. The van der Waals surface area contributed by atoms with Crippen molar-refractivity contribution in [1.82, 2.24) is 5.32 Å². The monoisotopic (exact) mass is 301 g/mol. The van der Waals surface area contributed by atoms with Crippen LogP contribution in [0.15, 0.2) is 18.2 Å². The van der Waals surface area contributed by atoms with Gasteiger partial charge in [0.15, 0.2) is 11.6 Å². The van der Waals surface area contributed by atoms with Crippen LogP contribution in [0.2, 0.25) is 0 Å². The molecular weight excluding hydrogens is 280 g/mol. The standard InChI is InChI=1S/C15H21F2NO3/c1-3-8-18-15(2,14(19)20)7-4-9-21-13-6-5-11(16)10-12(13)17/h5-6,10,18H,3-4,7-9H2,1-2H3,(H,19,20). The molecule has 0 aliphatic rings. The van der Waals surface area contributed by atoms with Crippen molar-refractivity contribution in [2.75, 3.05) is 13.2 Å². The number of carbonyl (C=O) groups is 1. The third-order valence-corrected chi connectivity index (χ3v) is 3.21. The van der Waals surface area contributed by atoms with Gasteiger partial charge in [-0.1, -0.05) is 6.92 Å². The molecule has 0 saturated heterocycles. The molecule has 0 saturated carbocycles. The number of ether oxygens (including phenoxy) is 1. The number of carboxylic acids is 1. The number of hydrogen-bond acceptors (Lipinski definition) is 3. The summed E-state index contributed by atoms with van der Waals surface area (Å²) < 4.78 is 31.3. The van der Waals surface area contributed by atoms with Gasteiger partial charge in [-0.2, -0.15) is 0 Å². The Morgan fingerprint density at radius 1 is 1.43 bits per heavy atom. The SMILES string of the molecule is CCCNC(C)(CCCOc1ccc(F)cc1F)C(=O)O. The van der Waals surface area contributed by atoms with Crippen LogP contribution in [0.5, 0.6) is 5.75 Å². The molecule has 0 aromatic heterocycles. The topological polar surface area (TPSA) is 58.6 Å². The number of rotatable bonds is 9. The Morgan fingerprint density at radius 3 is 2.71 bits per heavy atom. The molecule has 1 aromatic carbocycles. The predicted molar refractivity (Wildman–Crippen MR) is 75.4 cm³/mol. The second kappa shape index (κ2) is 7.93. The van der Waals surface area contributed by atoms with E-state index in [9.17, 15) is 18.7 Å². The molecule has 4 nitrogen and oxygen atoms in total. The number of aliphatic carboxylic acids is 1. The van der Waals surface area contributed by atoms with Gasteiger partial charge in [-0.05, 0) is 44.9 Å². The zero-order valence-electron chi connectivity index (χ0n) is 12.3. The molecule has 0 heterocycles. The molecule has 21 heavy (non-hydrogen) atoms. The molecule has 6 heteroatoms. The molecule has 2 N–H and O–H groups in total. The molecule has 0 fully saturated rings. The van der Waals surface area contributed by atoms with Gasteiger partial charge in [-0.25, -0.2) is 8.78 Å². The lowest BCUT2D eigenvalue weighted by Gasteiger charge is -2.26. The van der Waals surface area contributed by atoms with Crippen LogP contribution in [0.1, 0.15) is 33.1 Å². The molecule has 0 bridgehead atoms. The summed E-state index contributed by atoms with van der Waals surface area (Å²) in [6, 6.07) is 3.08. The maximum absolute atomic E-state index is 13.3. The fraction of sp³-hybridized carbons (Fsp3) is 0.533. The van der Waals surface area contributed by atoms with Gasteiger partial charge in [0.1, 0.15) is 11.4 Å². The minimum atomic E-state index is -1.03. The van der Waals surface area contributed by atoms with Gasteiger partial charge in [-0.3, -0.25) is 4.79 Å². The van der Waals surface area contributed by atoms with Gasteiger partial charge in [0.05, 0.1) is 6.61 Å². The third kappa shape index (κ3) is 5.30. The maximum Gasteiger partial charge on any atom is 0.323 e. The molecule has 1 rings (SSSR count). The van der Waals surface area contributed by atoms with E-state index < -0.39 is 23.1 Å². The lowest BCUT2D eigenvalue weighted by molar-refractivity contribution is -0.144. The molecular formula is C15H21F2NO3. The maximum atomic E-state index is 13.3. The van der Waals surface area contributed by atoms with Crippen molar-refractivity contribution in [2.45, 2.75) is 38.6 Å². The van der Waals surface area contributed by atoms with E-state index in [2.05, 4.69) is 5.32 Å². The third-order valence-electron chi connectivity index (χ3n) is 3.21. The molecule has 1 atom stereocenters. The van der Waals surface area contributed by atoms with Crippen molar-refractivity contribution in [2.24, 2.45) is 0 Å². The van der Waals surface area contributed by atoms with E-state index in [1.54, 1.807) is 6.92 Å². The van der Waals surface area contributed by atoms with Crippen LogP contribution >= 0.6 is 0 Å². The van der Waals surface area contributed by atoms with E-state index in [4.69, 9.17) is 4.74 Å². The zero-order valence-corrected chi connectivity index (χ0v) is 12.3. The molecule has 0 radical (unpaired) electrons. The molecule has 118 valence electrons. The largest absolute Gasteiger partial charge is 0.491 e. The second-order valence-electron chi connectivity index (χ2n) is 5.09. The Morgan fingerprint density at radius 2 is 2.14 bits per heavy atom. The van der Waals surface area contributed by atoms with Crippen LogP contribution in [-0.2, 0) is 4.79 Å². The van der Waals surface area contributed by atoms with Crippen LogP contribution in [0.4, 0.5) is 8.78 Å². The Balaban J connectivity index is 2.46. The second-order valence-corrected chi connectivity index (χ2v) is 5.09. The first-order valence-corrected chi connectivity index (χ1v) is 6.95. The first-order valence-electron chi connectivity index (χ1n) is 6.95. The van der Waals surface area contributed by atoms with Gasteiger partial charge < -0.3 is 15.2 Å². The Bertz CT molecular complexity index is 482. The molecule has 1 aromatic rings. The van der Waals surface area contributed by atoms with E-state index in [-0.39, 0.29) is 12.4 Å². The molecule has 0 aliphatic heterocycles. The number of nitrogens with one attached hydrogen (secondary N) is 1. The van der Waals surface area contributed by atoms with Gasteiger partial charge in [0.2, 0.25) is 0 Å². The van der Waals surface area contributed by atoms with Crippen molar-refractivity contribution in [3.8, 4) is 5.75 Å². The average Bonchev–Trinajstić information content (AvgIpc) is 2.43. The summed E-state index contributed by atoms with van der Waals surface area (Å²) in [7, 11) is 0. The van der Waals surface area contributed by atoms with E-state index in [0.29, 0.717) is 19.4 Å². The predicted octanol–water partition coefficient (Wildman–Crippen LogP) is 2.97. The fourth-order valence-corrected chi connectivity index (χ4v) is 1.87. The highest BCUT2D eigenvalue weighted by atomic mass is 19.1. The number of carboxylic acid groups (broad SMARTS) is 1. The van der Waals surface area contributed by atoms with Crippen molar-refractivity contribution < 1.29 is 23.4 Å². The van der Waals surface area contributed by atoms with Gasteiger partial charge in [-0.15, -0.1) is 0 Å². The molecule has 0 spiro atoms. The van der Waals surface area contributed by atoms with Crippen LogP contribution < -0.4 is 10.1 Å². The van der Waals surface area contributed by atoms with Crippen molar-refractivity contribution in [3.63, 3.8) is 0 Å². The highest BCUT2D eigenvalue weighted by Crippen LogP contribution is 2.19. The van der Waals surface area contributed by atoms with Crippen LogP contribution in [0.3, 0.4) is 0 Å². The molecule has 1 unspecified atom stereocenters. The smallest absolute Gasteiger partial charge is 0.323 e. The summed E-state index contributed by atoms with van der Waals surface area (Å²) in [6.07, 6.45) is 1.63. The minimum Gasteiger partial charge on any atom is -0.491 e. The fourth-order valence-electron chi connectivity index (χ4n) is 1.87. The van der Waals surface area contributed by atoms with E-state index in [0.717, 1.165) is 18.6 Å².